The van der Waals surface area contributed by atoms with Crippen LogP contribution in [-0.4, -0.2) is 26.4 Å². The molecule has 0 aliphatic heterocycles. The van der Waals surface area contributed by atoms with Gasteiger partial charge in [0.25, 0.3) is 21.6 Å². The summed E-state index contributed by atoms with van der Waals surface area (Å²) >= 11 is 0. The van der Waals surface area contributed by atoms with Crippen LogP contribution in [0.3, 0.4) is 0 Å². The summed E-state index contributed by atoms with van der Waals surface area (Å²) < 4.78 is 32.7. The predicted octanol–water partition coefficient (Wildman–Crippen LogP) is 3.96. The van der Waals surface area contributed by atoms with Gasteiger partial charge in [0.2, 0.25) is 0 Å². The zero-order valence-electron chi connectivity index (χ0n) is 16.7. The number of aryl methyl sites for hydroxylation is 1. The first kappa shape index (κ1) is 21.8. The van der Waals surface area contributed by atoms with E-state index < -0.39 is 20.9 Å². The Morgan fingerprint density at radius 3 is 2.39 bits per heavy atom. The Kier molecular flexibility index (Phi) is 6.21. The van der Waals surface area contributed by atoms with E-state index in [1.165, 1.54) is 61.7 Å². The van der Waals surface area contributed by atoms with Crippen molar-refractivity contribution in [3.63, 3.8) is 0 Å². The number of nitro groups is 1. The fourth-order valence-electron chi connectivity index (χ4n) is 2.76. The molecule has 3 aromatic rings. The number of nitrogens with one attached hydrogen (secondary N) is 2. The van der Waals surface area contributed by atoms with E-state index in [-0.39, 0.29) is 33.3 Å². The number of amides is 1. The van der Waals surface area contributed by atoms with Crippen molar-refractivity contribution in [2.75, 3.05) is 17.1 Å². The van der Waals surface area contributed by atoms with E-state index in [1.54, 1.807) is 12.1 Å². The van der Waals surface area contributed by atoms with Gasteiger partial charge in [-0.2, -0.15) is 0 Å². The number of hydrogen-bond donors (Lipinski definition) is 2. The Balaban J connectivity index is 1.83. The van der Waals surface area contributed by atoms with E-state index >= 15 is 0 Å². The lowest BCUT2D eigenvalue weighted by atomic mass is 10.2. The minimum absolute atomic E-state index is 0.0919. The molecule has 0 bridgehead atoms. The standard InChI is InChI=1S/C21H19N3O6S/c1-14-6-9-18(10-7-14)31(28,29)23-16-5-3-4-15(12-16)21(25)22-19-13-17(24(26)27)8-11-20(19)30-2/h3-13,23H,1-2H3,(H,22,25). The van der Waals surface area contributed by atoms with Gasteiger partial charge < -0.3 is 10.1 Å². The molecule has 0 unspecified atom stereocenters. The van der Waals surface area contributed by atoms with Crippen LogP contribution in [0.5, 0.6) is 5.75 Å². The Labute approximate surface area is 178 Å². The van der Waals surface area contributed by atoms with Gasteiger partial charge in [-0.15, -0.1) is 0 Å². The number of sulfonamides is 1. The molecule has 1 amide bonds. The SMILES string of the molecule is COc1ccc([N+](=O)[O-])cc1NC(=O)c1cccc(NS(=O)(=O)c2ccc(C)cc2)c1. The summed E-state index contributed by atoms with van der Waals surface area (Å²) in [4.78, 5) is 23.2. The van der Waals surface area contributed by atoms with E-state index in [4.69, 9.17) is 4.74 Å². The van der Waals surface area contributed by atoms with Crippen LogP contribution in [0.1, 0.15) is 15.9 Å². The van der Waals surface area contributed by atoms with Crippen molar-refractivity contribution in [3.05, 3.63) is 88.0 Å². The molecule has 31 heavy (non-hydrogen) atoms. The number of nitro benzene ring substituents is 1. The highest BCUT2D eigenvalue weighted by Gasteiger charge is 2.17. The third kappa shape index (κ3) is 5.17. The van der Waals surface area contributed by atoms with Crippen molar-refractivity contribution in [1.29, 1.82) is 0 Å². The predicted molar refractivity (Wildman–Crippen MR) is 116 cm³/mol. The summed E-state index contributed by atoms with van der Waals surface area (Å²) in [5.41, 5.74) is 1.18. The maximum atomic E-state index is 12.7. The first-order chi connectivity index (χ1) is 14.7. The second-order valence-corrected chi connectivity index (χ2v) is 8.28. The van der Waals surface area contributed by atoms with E-state index in [2.05, 4.69) is 10.0 Å². The topological polar surface area (TPSA) is 128 Å². The van der Waals surface area contributed by atoms with Crippen LogP contribution in [0, 0.1) is 17.0 Å². The van der Waals surface area contributed by atoms with Crippen molar-refractivity contribution in [2.24, 2.45) is 0 Å². The van der Waals surface area contributed by atoms with Gasteiger partial charge in [-0.05, 0) is 43.3 Å². The number of carbonyl (C=O) groups is 1. The lowest BCUT2D eigenvalue weighted by Gasteiger charge is -2.12. The van der Waals surface area contributed by atoms with E-state index in [1.807, 2.05) is 6.92 Å². The molecule has 3 aromatic carbocycles. The third-order valence-electron chi connectivity index (χ3n) is 4.35. The van der Waals surface area contributed by atoms with Crippen LogP contribution < -0.4 is 14.8 Å². The second-order valence-electron chi connectivity index (χ2n) is 6.60. The van der Waals surface area contributed by atoms with E-state index in [0.717, 1.165) is 5.56 Å². The first-order valence-electron chi connectivity index (χ1n) is 9.03. The highest BCUT2D eigenvalue weighted by Crippen LogP contribution is 2.29. The molecule has 0 aliphatic rings. The molecule has 0 aliphatic carbocycles. The second kappa shape index (κ2) is 8.84. The Morgan fingerprint density at radius 2 is 1.74 bits per heavy atom. The Morgan fingerprint density at radius 1 is 1.03 bits per heavy atom. The van der Waals surface area contributed by atoms with Gasteiger partial charge in [-0.3, -0.25) is 19.6 Å². The maximum absolute atomic E-state index is 12.7. The minimum atomic E-state index is -3.83. The highest BCUT2D eigenvalue weighted by molar-refractivity contribution is 7.92. The van der Waals surface area contributed by atoms with Crippen molar-refractivity contribution in [3.8, 4) is 5.75 Å². The number of ether oxygens (including phenoxy) is 1. The number of nitrogens with zero attached hydrogens (tertiary/aromatic N) is 1. The van der Waals surface area contributed by atoms with E-state index in [9.17, 15) is 23.3 Å². The number of anilines is 2. The number of benzene rings is 3. The molecule has 0 spiro atoms. The normalized spacial score (nSPS) is 10.9. The minimum Gasteiger partial charge on any atom is -0.495 e. The molecule has 0 radical (unpaired) electrons. The molecule has 0 saturated carbocycles. The van der Waals surface area contributed by atoms with Crippen molar-refractivity contribution in [2.45, 2.75) is 11.8 Å². The van der Waals surface area contributed by atoms with Gasteiger partial charge >= 0.3 is 0 Å². The van der Waals surface area contributed by atoms with Gasteiger partial charge in [-0.25, -0.2) is 8.42 Å². The molecule has 10 heteroatoms. The summed E-state index contributed by atoms with van der Waals surface area (Å²) in [7, 11) is -2.46. The number of non-ortho nitro benzene ring substituents is 1. The maximum Gasteiger partial charge on any atom is 0.271 e. The van der Waals surface area contributed by atoms with Gasteiger partial charge in [0.1, 0.15) is 5.75 Å². The summed E-state index contributed by atoms with van der Waals surface area (Å²) in [5, 5.41) is 13.6. The lowest BCUT2D eigenvalue weighted by Crippen LogP contribution is -2.15. The molecule has 0 aromatic heterocycles. The number of rotatable bonds is 7. The molecule has 9 nitrogen and oxygen atoms in total. The van der Waals surface area contributed by atoms with Crippen molar-refractivity contribution in [1.82, 2.24) is 0 Å². The van der Waals surface area contributed by atoms with Crippen LogP contribution in [0.15, 0.2) is 71.6 Å². The summed E-state index contributed by atoms with van der Waals surface area (Å²) in [6.45, 7) is 1.85. The fourth-order valence-corrected chi connectivity index (χ4v) is 3.81. The molecule has 0 atom stereocenters. The average Bonchev–Trinajstić information content (AvgIpc) is 2.73. The summed E-state index contributed by atoms with van der Waals surface area (Å²) in [6, 6.07) is 16.0. The highest BCUT2D eigenvalue weighted by atomic mass is 32.2. The van der Waals surface area contributed by atoms with Crippen LogP contribution in [0.4, 0.5) is 17.1 Å². The quantitative estimate of drug-likeness (QED) is 0.422. The molecule has 2 N–H and O–H groups in total. The number of carbonyl (C=O) groups excluding carboxylic acids is 1. The third-order valence-corrected chi connectivity index (χ3v) is 5.75. The molecular formula is C21H19N3O6S. The van der Waals surface area contributed by atoms with Gasteiger partial charge in [0, 0.05) is 23.4 Å². The largest absolute Gasteiger partial charge is 0.495 e. The average molecular weight is 441 g/mol. The zero-order valence-corrected chi connectivity index (χ0v) is 17.5. The molecule has 3 rings (SSSR count). The molecule has 160 valence electrons. The summed E-state index contributed by atoms with van der Waals surface area (Å²) in [5.74, 6) is -0.342. The van der Waals surface area contributed by atoms with Crippen LogP contribution in [0.2, 0.25) is 0 Å². The number of hydrogen-bond acceptors (Lipinski definition) is 6. The molecular weight excluding hydrogens is 422 g/mol. The molecule has 0 saturated heterocycles. The Bertz CT molecular complexity index is 1240. The van der Waals surface area contributed by atoms with Gasteiger partial charge in [0.15, 0.2) is 0 Å². The van der Waals surface area contributed by atoms with Crippen molar-refractivity contribution >= 4 is 33.0 Å². The van der Waals surface area contributed by atoms with Crippen molar-refractivity contribution < 1.29 is 22.9 Å². The summed E-state index contributed by atoms with van der Waals surface area (Å²) in [6.07, 6.45) is 0. The van der Waals surface area contributed by atoms with Crippen LogP contribution in [-0.2, 0) is 10.0 Å². The lowest BCUT2D eigenvalue weighted by molar-refractivity contribution is -0.384. The monoisotopic (exact) mass is 441 g/mol. The van der Waals surface area contributed by atoms with E-state index in [0.29, 0.717) is 0 Å². The van der Waals surface area contributed by atoms with Crippen LogP contribution >= 0.6 is 0 Å². The number of methoxy groups -OCH3 is 1. The fraction of sp³-hybridized carbons (Fsp3) is 0.0952. The molecule has 0 heterocycles. The smallest absolute Gasteiger partial charge is 0.271 e. The van der Waals surface area contributed by atoms with Gasteiger partial charge in [-0.1, -0.05) is 23.8 Å². The first-order valence-corrected chi connectivity index (χ1v) is 10.5. The Hall–Kier alpha value is -3.92. The molecule has 0 fully saturated rings. The van der Waals surface area contributed by atoms with Crippen LogP contribution in [0.25, 0.3) is 0 Å². The van der Waals surface area contributed by atoms with Gasteiger partial charge in [0.05, 0.1) is 22.6 Å². The zero-order chi connectivity index (χ0) is 22.6.